The molecule has 2 N–H and O–H groups in total. The molecule has 0 radical (unpaired) electrons. The lowest BCUT2D eigenvalue weighted by molar-refractivity contribution is -0.0584. The van der Waals surface area contributed by atoms with E-state index in [2.05, 4.69) is 5.32 Å². The maximum atomic E-state index is 15.0. The highest BCUT2D eigenvalue weighted by molar-refractivity contribution is 5.94. The van der Waals surface area contributed by atoms with Crippen molar-refractivity contribution in [1.82, 2.24) is 9.88 Å². The van der Waals surface area contributed by atoms with Gasteiger partial charge in [-0.1, -0.05) is 12.1 Å². The van der Waals surface area contributed by atoms with Crippen molar-refractivity contribution in [2.45, 2.75) is 18.9 Å². The Morgan fingerprint density at radius 1 is 1.09 bits per heavy atom. The first-order chi connectivity index (χ1) is 16.5. The first kappa shape index (κ1) is 25.8. The van der Waals surface area contributed by atoms with Gasteiger partial charge in [-0.05, 0) is 31.2 Å². The molecule has 35 heavy (non-hydrogen) atoms. The highest BCUT2D eigenvalue weighted by Gasteiger charge is 2.35. The van der Waals surface area contributed by atoms with E-state index in [0.717, 1.165) is 22.9 Å². The molecule has 0 aliphatic rings. The van der Waals surface area contributed by atoms with Gasteiger partial charge in [-0.3, -0.25) is 14.2 Å². The van der Waals surface area contributed by atoms with Crippen molar-refractivity contribution >= 4 is 5.91 Å². The average Bonchev–Trinajstić information content (AvgIpc) is 2.84. The fourth-order valence-corrected chi connectivity index (χ4v) is 3.48. The quantitative estimate of drug-likeness (QED) is 0.466. The number of amides is 1. The van der Waals surface area contributed by atoms with Gasteiger partial charge in [-0.25, -0.2) is 8.78 Å². The number of hydrogen-bond donors (Lipinski definition) is 2. The van der Waals surface area contributed by atoms with Gasteiger partial charge in [0.25, 0.3) is 17.4 Å². The molecule has 1 amide bonds. The van der Waals surface area contributed by atoms with Gasteiger partial charge in [-0.15, -0.1) is 0 Å². The highest BCUT2D eigenvalue weighted by Crippen LogP contribution is 2.34. The summed E-state index contributed by atoms with van der Waals surface area (Å²) in [5, 5.41) is 11.3. The molecule has 0 saturated heterocycles. The summed E-state index contributed by atoms with van der Waals surface area (Å²) in [6, 6.07) is 7.07. The third-order valence-electron chi connectivity index (χ3n) is 5.33. The van der Waals surface area contributed by atoms with Gasteiger partial charge >= 0.3 is 0 Å². The molecule has 0 bridgehead atoms. The zero-order chi connectivity index (χ0) is 25.9. The van der Waals surface area contributed by atoms with Crippen molar-refractivity contribution in [3.8, 4) is 17.2 Å². The number of hydrogen-bond acceptors (Lipinski definition) is 5. The monoisotopic (exact) mass is 494 g/mol. The number of aromatic nitrogens is 1. The Morgan fingerprint density at radius 3 is 2.43 bits per heavy atom. The largest absolute Gasteiger partial charge is 0.493 e. The number of ether oxygens (including phenoxy) is 2. The molecule has 0 saturated carbocycles. The fourth-order valence-electron chi connectivity index (χ4n) is 3.48. The lowest BCUT2D eigenvalue weighted by Gasteiger charge is -2.20. The molecule has 1 heterocycles. The van der Waals surface area contributed by atoms with Crippen molar-refractivity contribution in [3.05, 3.63) is 87.3 Å². The number of benzene rings is 2. The van der Waals surface area contributed by atoms with E-state index in [1.54, 1.807) is 0 Å². The first-order valence-electron chi connectivity index (χ1n) is 10.3. The lowest BCUT2D eigenvalue weighted by atomic mass is 10.00. The van der Waals surface area contributed by atoms with Crippen molar-refractivity contribution < 1.29 is 36.9 Å². The smallest absolute Gasteiger partial charge is 0.298 e. The number of aliphatic hydroxyl groups excluding tert-OH is 1. The summed E-state index contributed by atoms with van der Waals surface area (Å²) in [6.45, 7) is -0.205. The summed E-state index contributed by atoms with van der Waals surface area (Å²) in [7, 11) is 2.54. The Kier molecular flexibility index (Phi) is 7.49. The van der Waals surface area contributed by atoms with Crippen LogP contribution >= 0.6 is 0 Å². The predicted molar refractivity (Wildman–Crippen MR) is 118 cm³/mol. The molecule has 3 aromatic rings. The molecule has 0 unspecified atom stereocenters. The molecule has 7 nitrogen and oxygen atoms in total. The van der Waals surface area contributed by atoms with E-state index >= 15 is 0 Å². The minimum absolute atomic E-state index is 0.0807. The number of rotatable bonds is 8. The molecule has 1 atom stereocenters. The van der Waals surface area contributed by atoms with Gasteiger partial charge in [0, 0.05) is 17.8 Å². The highest BCUT2D eigenvalue weighted by atomic mass is 19.3. The Balaban J connectivity index is 1.94. The predicted octanol–water partition coefficient (Wildman–Crippen LogP) is 3.71. The number of methoxy groups -OCH3 is 2. The van der Waals surface area contributed by atoms with E-state index in [1.807, 2.05) is 0 Å². The normalized spacial score (nSPS) is 12.2. The summed E-state index contributed by atoms with van der Waals surface area (Å²) in [5.41, 5.74) is -2.17. The van der Waals surface area contributed by atoms with Crippen LogP contribution in [0.2, 0.25) is 0 Å². The number of nitrogens with one attached hydrogen (secondary N) is 1. The van der Waals surface area contributed by atoms with Crippen LogP contribution in [-0.4, -0.2) is 36.4 Å². The summed E-state index contributed by atoms with van der Waals surface area (Å²) in [5.74, 6) is -6.88. The van der Waals surface area contributed by atoms with E-state index in [0.29, 0.717) is 0 Å². The first-order valence-corrected chi connectivity index (χ1v) is 10.3. The topological polar surface area (TPSA) is 89.8 Å². The standard InChI is InChI=1S/C24H22F4N2O5/c1-13(15-5-4-6-16(20(15)25)24(27,28)12-31)29-23(33)14-7-10-19(32)30(11-14)17-8-9-18(34-2)22(35-3)21(17)26/h4-11,13,31H,12H2,1-3H3,(H,29,33)/t13-/m1/s1. The molecule has 0 spiro atoms. The molecule has 1 aromatic heterocycles. The summed E-state index contributed by atoms with van der Waals surface area (Å²) in [6.07, 6.45) is 1.08. The fraction of sp³-hybridized carbons (Fsp3) is 0.250. The lowest BCUT2D eigenvalue weighted by Crippen LogP contribution is -2.30. The third-order valence-corrected chi connectivity index (χ3v) is 5.33. The second-order valence-corrected chi connectivity index (χ2v) is 7.53. The second-order valence-electron chi connectivity index (χ2n) is 7.53. The minimum atomic E-state index is -3.80. The molecule has 3 rings (SSSR count). The maximum Gasteiger partial charge on any atom is 0.298 e. The molecule has 2 aromatic carbocycles. The molecule has 186 valence electrons. The van der Waals surface area contributed by atoms with Gasteiger partial charge in [0.1, 0.15) is 12.4 Å². The van der Waals surface area contributed by atoms with E-state index in [1.165, 1.54) is 51.5 Å². The van der Waals surface area contributed by atoms with E-state index < -0.39 is 47.2 Å². The number of alkyl halides is 2. The molecular weight excluding hydrogens is 472 g/mol. The second kappa shape index (κ2) is 10.2. The summed E-state index contributed by atoms with van der Waals surface area (Å²) < 4.78 is 68.3. The van der Waals surface area contributed by atoms with Gasteiger partial charge < -0.3 is 19.9 Å². The van der Waals surface area contributed by atoms with Gasteiger partial charge in [-0.2, -0.15) is 8.78 Å². The molecule has 0 fully saturated rings. The zero-order valence-electron chi connectivity index (χ0n) is 18.9. The Hall–Kier alpha value is -3.86. The zero-order valence-corrected chi connectivity index (χ0v) is 18.9. The van der Waals surface area contributed by atoms with E-state index in [9.17, 15) is 27.2 Å². The van der Waals surface area contributed by atoms with Crippen LogP contribution in [0.4, 0.5) is 17.6 Å². The van der Waals surface area contributed by atoms with Crippen molar-refractivity contribution in [2.24, 2.45) is 0 Å². The summed E-state index contributed by atoms with van der Waals surface area (Å²) in [4.78, 5) is 25.2. The van der Waals surface area contributed by atoms with Gasteiger partial charge in [0.05, 0.1) is 37.1 Å². The van der Waals surface area contributed by atoms with Crippen LogP contribution in [-0.2, 0) is 5.92 Å². The van der Waals surface area contributed by atoms with Crippen LogP contribution in [0.15, 0.2) is 53.5 Å². The van der Waals surface area contributed by atoms with Crippen molar-refractivity contribution in [3.63, 3.8) is 0 Å². The number of carbonyl (C=O) groups excluding carboxylic acids is 1. The average molecular weight is 494 g/mol. The van der Waals surface area contributed by atoms with Crippen LogP contribution in [0, 0.1) is 11.6 Å². The maximum absolute atomic E-state index is 15.0. The number of halogens is 4. The van der Waals surface area contributed by atoms with Crippen LogP contribution in [0.25, 0.3) is 5.69 Å². The SMILES string of the molecule is COc1ccc(-n2cc(C(=O)N[C@H](C)c3cccc(C(F)(F)CO)c3F)ccc2=O)c(F)c1OC. The minimum Gasteiger partial charge on any atom is -0.493 e. The number of pyridine rings is 1. The van der Waals surface area contributed by atoms with E-state index in [-0.39, 0.29) is 28.3 Å². The summed E-state index contributed by atoms with van der Waals surface area (Å²) >= 11 is 0. The molecule has 0 aliphatic heterocycles. The van der Waals surface area contributed by atoms with Crippen LogP contribution in [0.5, 0.6) is 11.5 Å². The van der Waals surface area contributed by atoms with E-state index in [4.69, 9.17) is 14.6 Å². The Labute approximate surface area is 197 Å². The number of aliphatic hydroxyl groups is 1. The van der Waals surface area contributed by atoms with Crippen LogP contribution in [0.1, 0.15) is 34.5 Å². The number of carbonyl (C=O) groups is 1. The third kappa shape index (κ3) is 4.99. The van der Waals surface area contributed by atoms with Crippen LogP contribution < -0.4 is 20.3 Å². The Bertz CT molecular complexity index is 1310. The van der Waals surface area contributed by atoms with Gasteiger partial charge in [0.2, 0.25) is 0 Å². The molecular formula is C24H22F4N2O5. The van der Waals surface area contributed by atoms with Crippen LogP contribution in [0.3, 0.4) is 0 Å². The van der Waals surface area contributed by atoms with Crippen molar-refractivity contribution in [1.29, 1.82) is 0 Å². The number of nitrogens with zero attached hydrogens (tertiary/aromatic N) is 1. The Morgan fingerprint density at radius 2 is 1.80 bits per heavy atom. The van der Waals surface area contributed by atoms with Crippen molar-refractivity contribution in [2.75, 3.05) is 20.8 Å². The van der Waals surface area contributed by atoms with Gasteiger partial charge in [0.15, 0.2) is 17.3 Å². The molecule has 0 aliphatic carbocycles. The molecule has 11 heteroatoms.